The lowest BCUT2D eigenvalue weighted by molar-refractivity contribution is -0.288. The van der Waals surface area contributed by atoms with Gasteiger partial charge in [-0.25, -0.2) is 9.97 Å². The quantitative estimate of drug-likeness (QED) is 0.0583. The first-order valence-electron chi connectivity index (χ1n) is 37.1. The number of hydrogen-bond donors (Lipinski definition) is 2. The van der Waals surface area contributed by atoms with E-state index in [4.69, 9.17) is 4.98 Å². The molecule has 0 amide bonds. The number of Topliss-reactive ketones (excluding diaryl/α,β-unsaturated/α-hetero) is 2. The van der Waals surface area contributed by atoms with Crippen LogP contribution >= 0.6 is 0 Å². The summed E-state index contributed by atoms with van der Waals surface area (Å²) in [5.41, 5.74) is -7.20. The van der Waals surface area contributed by atoms with E-state index in [1.807, 2.05) is 78.2 Å². The topological polar surface area (TPSA) is 93.8 Å². The van der Waals surface area contributed by atoms with Crippen LogP contribution in [0.15, 0.2) is 291 Å². The third-order valence-electron chi connectivity index (χ3n) is 22.1. The molecule has 2 aromatic heterocycles. The molecular formula is C94H75F15N6O2. The maximum absolute atomic E-state index is 15.5. The fraction of sp³-hybridized carbons (Fsp3) is 0.191. The molecule has 0 aliphatic rings. The Balaban J connectivity index is 0.000000203. The zero-order valence-corrected chi connectivity index (χ0v) is 63.9. The predicted molar refractivity (Wildman–Crippen MR) is 427 cm³/mol. The van der Waals surface area contributed by atoms with Gasteiger partial charge in [0.1, 0.15) is 27.9 Å². The maximum atomic E-state index is 15.5. The maximum Gasteiger partial charge on any atom is 0.411 e. The van der Waals surface area contributed by atoms with E-state index in [1.54, 1.807) is 91.2 Å². The number of fused-ring (bicyclic) bond motifs is 2. The monoisotopic (exact) mass is 1600 g/mol. The van der Waals surface area contributed by atoms with Crippen molar-refractivity contribution in [1.29, 1.82) is 0 Å². The number of rotatable bonds is 20. The van der Waals surface area contributed by atoms with Gasteiger partial charge >= 0.3 is 30.9 Å². The van der Waals surface area contributed by atoms with E-state index in [2.05, 4.69) is 15.6 Å². The Morgan fingerprint density at radius 3 is 1.14 bits per heavy atom. The van der Waals surface area contributed by atoms with Crippen LogP contribution in [-0.4, -0.2) is 61.6 Å². The Morgan fingerprint density at radius 2 is 0.709 bits per heavy atom. The Labute approximate surface area is 664 Å². The molecule has 0 saturated carbocycles. The van der Waals surface area contributed by atoms with Gasteiger partial charge in [0.2, 0.25) is 5.41 Å². The second kappa shape index (κ2) is 31.6. The van der Waals surface area contributed by atoms with Crippen LogP contribution in [0, 0.1) is 13.8 Å². The van der Waals surface area contributed by atoms with Crippen LogP contribution < -0.4 is 10.6 Å². The first-order chi connectivity index (χ1) is 55.3. The van der Waals surface area contributed by atoms with Crippen molar-refractivity contribution >= 4 is 56.4 Å². The summed E-state index contributed by atoms with van der Waals surface area (Å²) in [7, 11) is 0. The summed E-state index contributed by atoms with van der Waals surface area (Å²) < 4.78 is 230. The minimum atomic E-state index is -5.79. The molecule has 0 bridgehead atoms. The standard InChI is InChI=1S/C48H42F6N2O2.C46H33F9N4/c1-5-32-28-38(24-26-42(32)55-40-12-8-6-9-13-40)46(4,48(52,53)54)39-25-27-43(56-41-14-10-7-11-15-41)35(29-39)30-44(58)34-18-22-37(23-19-34)45(3,47(49,50)51)36-20-16-33(17-21-36)31(2)57;1-28-14-18-31(19-15-28)43(45(50,51)52,46(53,54)55)32-20-16-30(17-21-32)41-57-38-27-34(23-25-40(38)59(41)36-12-8-5-9-13-36)42(3,44(47,48)49)33-22-24-39-37(26-33)56-29(2)58(39)35-10-6-4-7-11-35/h6-29,55-56H,5,30H2,1-4H3;4-27H,1-3H3. The third kappa shape index (κ3) is 15.5. The van der Waals surface area contributed by atoms with Crippen LogP contribution in [0.2, 0.25) is 0 Å². The van der Waals surface area contributed by atoms with Crippen LogP contribution in [0.25, 0.3) is 44.8 Å². The first-order valence-corrected chi connectivity index (χ1v) is 37.1. The molecule has 2 N–H and O–H groups in total. The molecule has 23 heteroatoms. The number of carbonyl (C=O) groups excluding carboxylic acids is 2. The van der Waals surface area contributed by atoms with Crippen LogP contribution in [0.3, 0.4) is 0 Å². The van der Waals surface area contributed by atoms with Gasteiger partial charge in [0.25, 0.3) is 0 Å². The Hall–Kier alpha value is -12.5. The molecule has 0 saturated heterocycles. The van der Waals surface area contributed by atoms with Crippen LogP contribution in [0.4, 0.5) is 88.6 Å². The van der Waals surface area contributed by atoms with Crippen molar-refractivity contribution in [3.05, 3.63) is 369 Å². The second-order valence-corrected chi connectivity index (χ2v) is 29.3. The Morgan fingerprint density at radius 1 is 0.359 bits per heavy atom. The molecule has 0 aliphatic carbocycles. The fourth-order valence-corrected chi connectivity index (χ4v) is 15.1. The molecule has 117 heavy (non-hydrogen) atoms. The number of carbonyl (C=O) groups is 2. The lowest BCUT2D eigenvalue weighted by Crippen LogP contribution is -2.54. The van der Waals surface area contributed by atoms with E-state index in [0.717, 1.165) is 68.5 Å². The molecule has 14 rings (SSSR count). The van der Waals surface area contributed by atoms with Gasteiger partial charge in [0.15, 0.2) is 11.6 Å². The number of anilines is 4. The number of alkyl halides is 15. The van der Waals surface area contributed by atoms with Gasteiger partial charge < -0.3 is 10.6 Å². The van der Waals surface area contributed by atoms with Gasteiger partial charge in [-0.3, -0.25) is 18.7 Å². The lowest BCUT2D eigenvalue weighted by atomic mass is 9.72. The number of halogens is 15. The van der Waals surface area contributed by atoms with E-state index in [1.165, 1.54) is 122 Å². The number of para-hydroxylation sites is 4. The number of aromatic nitrogens is 4. The molecule has 0 aliphatic heterocycles. The van der Waals surface area contributed by atoms with Crippen molar-refractivity contribution < 1.29 is 75.4 Å². The normalized spacial score (nSPS) is 13.9. The summed E-state index contributed by atoms with van der Waals surface area (Å²) in [6.45, 7) is 9.75. The highest BCUT2D eigenvalue weighted by Gasteiger charge is 2.72. The molecule has 12 aromatic carbocycles. The van der Waals surface area contributed by atoms with E-state index in [0.29, 0.717) is 62.7 Å². The Kier molecular flexibility index (Phi) is 22.3. The van der Waals surface area contributed by atoms with Crippen molar-refractivity contribution in [1.82, 2.24) is 19.1 Å². The van der Waals surface area contributed by atoms with Gasteiger partial charge in [-0.1, -0.05) is 219 Å². The molecule has 0 fully saturated rings. The SMILES string of the molecule is CCc1cc(C(C)(c2ccc(Nc3ccccc3)c(CC(=O)c3ccc(C(C)(c4ccc(C(C)=O)cc4)C(F)(F)F)cc3)c2)C(F)(F)F)ccc1Nc1ccccc1.Cc1ccc(C(c2ccc(-c3nc4cc(C(C)(c5ccc6c(c5)nc(C)n6-c5ccccc5)C(F)(F)F)ccc4n3-c3ccccc3)cc2)(C(F)(F)F)C(F)(F)F)cc1. The summed E-state index contributed by atoms with van der Waals surface area (Å²) in [6.07, 6.45) is -25.8. The summed E-state index contributed by atoms with van der Waals surface area (Å²) in [4.78, 5) is 35.0. The van der Waals surface area contributed by atoms with Crippen LogP contribution in [-0.2, 0) is 34.5 Å². The number of nitrogens with one attached hydrogen (secondary N) is 2. The highest BCUT2D eigenvalue weighted by Crippen LogP contribution is 2.57. The smallest absolute Gasteiger partial charge is 0.355 e. The van der Waals surface area contributed by atoms with Gasteiger partial charge in [-0.15, -0.1) is 0 Å². The molecule has 8 nitrogen and oxygen atoms in total. The minimum Gasteiger partial charge on any atom is -0.355 e. The average Bonchev–Trinajstić information content (AvgIpc) is 1.58. The zero-order chi connectivity index (χ0) is 84.0. The summed E-state index contributed by atoms with van der Waals surface area (Å²) in [5, 5.41) is 6.52. The highest BCUT2D eigenvalue weighted by molar-refractivity contribution is 5.98. The van der Waals surface area contributed by atoms with E-state index in [9.17, 15) is 49.1 Å². The molecule has 2 heterocycles. The summed E-state index contributed by atoms with van der Waals surface area (Å²) >= 11 is 0. The van der Waals surface area contributed by atoms with Crippen LogP contribution in [0.1, 0.15) is 122 Å². The van der Waals surface area contributed by atoms with Crippen molar-refractivity contribution in [2.45, 2.75) is 114 Å². The zero-order valence-electron chi connectivity index (χ0n) is 63.9. The number of nitrogens with zero attached hydrogens (tertiary/aromatic N) is 4. The highest BCUT2D eigenvalue weighted by atomic mass is 19.4. The number of imidazole rings is 2. The van der Waals surface area contributed by atoms with Gasteiger partial charge in [-0.2, -0.15) is 65.9 Å². The second-order valence-electron chi connectivity index (χ2n) is 29.3. The van der Waals surface area contributed by atoms with Gasteiger partial charge in [-0.05, 0) is 189 Å². The van der Waals surface area contributed by atoms with Gasteiger partial charge in [0, 0.05) is 57.2 Å². The van der Waals surface area contributed by atoms with Gasteiger partial charge in [0.05, 0.1) is 22.1 Å². The molecule has 0 radical (unpaired) electrons. The molecule has 0 spiro atoms. The Bertz CT molecular complexity index is 5910. The average molecular weight is 1610 g/mol. The summed E-state index contributed by atoms with van der Waals surface area (Å²) in [6, 6.07) is 71.9. The van der Waals surface area contributed by atoms with Crippen molar-refractivity contribution in [2.24, 2.45) is 0 Å². The molecule has 598 valence electrons. The fourth-order valence-electron chi connectivity index (χ4n) is 15.1. The number of ketones is 2. The largest absolute Gasteiger partial charge is 0.411 e. The lowest BCUT2D eigenvalue weighted by Gasteiger charge is -2.38. The van der Waals surface area contributed by atoms with E-state index < -0.39 is 69.5 Å². The first kappa shape index (κ1) is 82.5. The van der Waals surface area contributed by atoms with E-state index >= 15 is 26.3 Å². The number of benzene rings is 12. The van der Waals surface area contributed by atoms with Crippen molar-refractivity contribution in [3.8, 4) is 22.8 Å². The van der Waals surface area contributed by atoms with Crippen molar-refractivity contribution in [3.63, 3.8) is 0 Å². The predicted octanol–water partition coefficient (Wildman–Crippen LogP) is 26.0. The van der Waals surface area contributed by atoms with Crippen LogP contribution in [0.5, 0.6) is 0 Å². The van der Waals surface area contributed by atoms with E-state index in [-0.39, 0.29) is 79.2 Å². The molecular weight excluding hydrogens is 1530 g/mol. The number of hydrogen-bond acceptors (Lipinski definition) is 6. The summed E-state index contributed by atoms with van der Waals surface area (Å²) in [5.74, 6) is -0.108. The molecule has 14 aromatic rings. The minimum absolute atomic E-state index is 0.0238. The molecule has 3 unspecified atom stereocenters. The molecule has 3 atom stereocenters. The number of aryl methyl sites for hydroxylation is 3. The van der Waals surface area contributed by atoms with Crippen molar-refractivity contribution in [2.75, 3.05) is 10.6 Å². The third-order valence-corrected chi connectivity index (χ3v) is 22.1.